The second kappa shape index (κ2) is 6.38. The predicted molar refractivity (Wildman–Crippen MR) is 102 cm³/mol. The zero-order chi connectivity index (χ0) is 19.3. The molecular weight excluding hydrogens is 340 g/mol. The van der Waals surface area contributed by atoms with Crippen LogP contribution in [0.1, 0.15) is 50.7 Å². The summed E-state index contributed by atoms with van der Waals surface area (Å²) in [6.07, 6.45) is 1.39. The van der Waals surface area contributed by atoms with Crippen molar-refractivity contribution in [3.05, 3.63) is 75.9 Å². The first kappa shape index (κ1) is 17.5. The summed E-state index contributed by atoms with van der Waals surface area (Å²) in [5.41, 5.74) is 6.21. The van der Waals surface area contributed by atoms with Crippen molar-refractivity contribution in [2.75, 3.05) is 0 Å². The molecular formula is C23H22O4. The zero-order valence-corrected chi connectivity index (χ0v) is 15.8. The lowest BCUT2D eigenvalue weighted by Crippen LogP contribution is -2.21. The predicted octanol–water partition coefficient (Wildman–Crippen LogP) is 4.55. The minimum absolute atomic E-state index is 0.00569. The van der Waals surface area contributed by atoms with E-state index in [-0.39, 0.29) is 18.0 Å². The molecule has 0 amide bonds. The van der Waals surface area contributed by atoms with Crippen LogP contribution in [0, 0.1) is 26.7 Å². The van der Waals surface area contributed by atoms with Gasteiger partial charge in [-0.05, 0) is 68.5 Å². The van der Waals surface area contributed by atoms with Crippen LogP contribution < -0.4 is 4.74 Å². The van der Waals surface area contributed by atoms with Crippen LogP contribution >= 0.6 is 0 Å². The highest BCUT2D eigenvalue weighted by atomic mass is 16.6. The molecule has 0 spiro atoms. The Hall–Kier alpha value is -2.88. The maximum Gasteiger partial charge on any atom is 0.343 e. The van der Waals surface area contributed by atoms with Gasteiger partial charge in [0.1, 0.15) is 11.9 Å². The van der Waals surface area contributed by atoms with Crippen molar-refractivity contribution >= 4 is 11.9 Å². The van der Waals surface area contributed by atoms with E-state index < -0.39 is 5.97 Å². The number of rotatable bonds is 2. The normalized spacial score (nSPS) is 20.7. The van der Waals surface area contributed by atoms with Crippen LogP contribution in [0.4, 0.5) is 0 Å². The summed E-state index contributed by atoms with van der Waals surface area (Å²) in [5, 5.41) is 0. The van der Waals surface area contributed by atoms with Gasteiger partial charge in [-0.2, -0.15) is 0 Å². The first-order valence-electron chi connectivity index (χ1n) is 9.18. The number of carbonyl (C=O) groups is 2. The van der Waals surface area contributed by atoms with Crippen molar-refractivity contribution in [1.82, 2.24) is 0 Å². The van der Waals surface area contributed by atoms with Gasteiger partial charge in [0.05, 0.1) is 5.56 Å². The maximum absolute atomic E-state index is 12.6. The van der Waals surface area contributed by atoms with E-state index in [1.165, 1.54) is 5.56 Å². The van der Waals surface area contributed by atoms with Crippen molar-refractivity contribution in [2.24, 2.45) is 5.92 Å². The number of hydrogen-bond donors (Lipinski definition) is 0. The Kier molecular flexibility index (Phi) is 4.14. The molecule has 1 fully saturated rings. The minimum Gasteiger partial charge on any atom is -0.453 e. The van der Waals surface area contributed by atoms with Crippen molar-refractivity contribution in [2.45, 2.75) is 39.7 Å². The fourth-order valence-electron chi connectivity index (χ4n) is 4.13. The summed E-state index contributed by atoms with van der Waals surface area (Å²) in [7, 11) is 0. The van der Waals surface area contributed by atoms with Gasteiger partial charge in [-0.15, -0.1) is 0 Å². The van der Waals surface area contributed by atoms with Gasteiger partial charge in [0, 0.05) is 17.1 Å². The fraction of sp³-hybridized carbons (Fsp3) is 0.304. The molecule has 1 aliphatic carbocycles. The summed E-state index contributed by atoms with van der Waals surface area (Å²) < 4.78 is 11.3. The lowest BCUT2D eigenvalue weighted by molar-refractivity contribution is -0.139. The van der Waals surface area contributed by atoms with Crippen LogP contribution in [-0.4, -0.2) is 11.9 Å². The van der Waals surface area contributed by atoms with E-state index in [1.54, 1.807) is 12.1 Å². The Morgan fingerprint density at radius 2 is 1.89 bits per heavy atom. The van der Waals surface area contributed by atoms with Crippen molar-refractivity contribution < 1.29 is 19.1 Å². The van der Waals surface area contributed by atoms with Gasteiger partial charge in [-0.3, -0.25) is 0 Å². The van der Waals surface area contributed by atoms with E-state index in [0.717, 1.165) is 35.1 Å². The number of carbonyl (C=O) groups excluding carboxylic acids is 2. The first-order chi connectivity index (χ1) is 12.9. The highest BCUT2D eigenvalue weighted by Crippen LogP contribution is 2.49. The largest absolute Gasteiger partial charge is 0.453 e. The van der Waals surface area contributed by atoms with Crippen LogP contribution in [0.3, 0.4) is 0 Å². The van der Waals surface area contributed by atoms with Gasteiger partial charge in [0.2, 0.25) is 0 Å². The molecule has 1 aliphatic heterocycles. The summed E-state index contributed by atoms with van der Waals surface area (Å²) in [5.74, 6) is -0.188. The smallest absolute Gasteiger partial charge is 0.343 e. The average molecular weight is 362 g/mol. The summed E-state index contributed by atoms with van der Waals surface area (Å²) >= 11 is 0. The molecule has 2 aliphatic rings. The molecule has 2 aromatic carbocycles. The zero-order valence-electron chi connectivity index (χ0n) is 15.8. The van der Waals surface area contributed by atoms with Gasteiger partial charge in [-0.1, -0.05) is 24.3 Å². The summed E-state index contributed by atoms with van der Waals surface area (Å²) in [4.78, 5) is 24.6. The molecule has 4 nitrogen and oxygen atoms in total. The Bertz CT molecular complexity index is 969. The second-order valence-corrected chi connectivity index (χ2v) is 7.46. The molecule has 0 aromatic heterocycles. The molecule has 2 unspecified atom stereocenters. The second-order valence-electron chi connectivity index (χ2n) is 7.46. The SMILES string of the molecule is C=C1C(=O)OC2c3c(C)c(OC(=O)c4ccc(C)cc4)cc(C)c3CCC12. The highest BCUT2D eigenvalue weighted by Gasteiger charge is 2.44. The van der Waals surface area contributed by atoms with Gasteiger partial charge < -0.3 is 9.47 Å². The third-order valence-electron chi connectivity index (χ3n) is 5.71. The van der Waals surface area contributed by atoms with E-state index in [9.17, 15) is 9.59 Å². The number of benzene rings is 2. The van der Waals surface area contributed by atoms with Crippen molar-refractivity contribution in [1.29, 1.82) is 0 Å². The number of ether oxygens (including phenoxy) is 2. The number of hydrogen-bond acceptors (Lipinski definition) is 4. The molecule has 1 saturated heterocycles. The Morgan fingerprint density at radius 1 is 1.19 bits per heavy atom. The quantitative estimate of drug-likeness (QED) is 0.447. The van der Waals surface area contributed by atoms with Crippen molar-refractivity contribution in [3.63, 3.8) is 0 Å². The van der Waals surface area contributed by atoms with Gasteiger partial charge in [-0.25, -0.2) is 9.59 Å². The molecule has 2 aromatic rings. The monoisotopic (exact) mass is 362 g/mol. The van der Waals surface area contributed by atoms with Crippen LogP contribution in [-0.2, 0) is 16.0 Å². The maximum atomic E-state index is 12.6. The number of fused-ring (bicyclic) bond motifs is 3. The summed E-state index contributed by atoms with van der Waals surface area (Å²) in [6.45, 7) is 9.80. The van der Waals surface area contributed by atoms with Gasteiger partial charge >= 0.3 is 11.9 Å². The molecule has 2 atom stereocenters. The molecule has 138 valence electrons. The van der Waals surface area contributed by atoms with E-state index in [2.05, 4.69) is 6.58 Å². The molecule has 27 heavy (non-hydrogen) atoms. The Balaban J connectivity index is 1.72. The third-order valence-corrected chi connectivity index (χ3v) is 5.71. The lowest BCUT2D eigenvalue weighted by atomic mass is 9.76. The standard InChI is InChI=1S/C23H22O4/c1-12-5-7-16(8-6-12)23(25)26-19-11-13(2)17-9-10-18-14(3)22(24)27-21(18)20(17)15(19)4/h5-8,11,18,21H,3,9-10H2,1-2,4H3. The molecule has 1 heterocycles. The fourth-order valence-corrected chi connectivity index (χ4v) is 4.13. The highest BCUT2D eigenvalue weighted by molar-refractivity contribution is 5.92. The topological polar surface area (TPSA) is 52.6 Å². The molecule has 0 radical (unpaired) electrons. The number of aryl methyl sites for hydroxylation is 2. The number of esters is 2. The Labute approximate surface area is 158 Å². The van der Waals surface area contributed by atoms with E-state index >= 15 is 0 Å². The molecule has 0 saturated carbocycles. The summed E-state index contributed by atoms with van der Waals surface area (Å²) in [6, 6.07) is 9.20. The third kappa shape index (κ3) is 2.85. The van der Waals surface area contributed by atoms with Crippen LogP contribution in [0.15, 0.2) is 42.5 Å². The van der Waals surface area contributed by atoms with E-state index in [4.69, 9.17) is 9.47 Å². The van der Waals surface area contributed by atoms with Gasteiger partial charge in [0.15, 0.2) is 0 Å². The van der Waals surface area contributed by atoms with Crippen LogP contribution in [0.5, 0.6) is 5.75 Å². The minimum atomic E-state index is -0.391. The van der Waals surface area contributed by atoms with E-state index in [1.807, 2.05) is 39.0 Å². The molecule has 4 heteroatoms. The Morgan fingerprint density at radius 3 is 2.59 bits per heavy atom. The first-order valence-corrected chi connectivity index (χ1v) is 9.18. The molecule has 0 bridgehead atoms. The average Bonchev–Trinajstić information content (AvgIpc) is 2.94. The van der Waals surface area contributed by atoms with Crippen molar-refractivity contribution in [3.8, 4) is 5.75 Å². The van der Waals surface area contributed by atoms with Gasteiger partial charge in [0.25, 0.3) is 0 Å². The van der Waals surface area contributed by atoms with Crippen LogP contribution in [0.25, 0.3) is 0 Å². The molecule has 0 N–H and O–H groups in total. The molecule has 4 rings (SSSR count). The lowest BCUT2D eigenvalue weighted by Gasteiger charge is -2.30. The van der Waals surface area contributed by atoms with Crippen LogP contribution in [0.2, 0.25) is 0 Å². The van der Waals surface area contributed by atoms with E-state index in [0.29, 0.717) is 16.9 Å².